The van der Waals surface area contributed by atoms with Gasteiger partial charge in [0.25, 0.3) is 0 Å². The Labute approximate surface area is 86.8 Å². The van der Waals surface area contributed by atoms with E-state index in [1.807, 2.05) is 0 Å². The molecule has 1 aromatic carbocycles. The molecule has 80 valence electrons. The number of methoxy groups -OCH3 is 1. The molecule has 5 heteroatoms. The van der Waals surface area contributed by atoms with Crippen LogP contribution in [0.3, 0.4) is 0 Å². The lowest BCUT2D eigenvalue weighted by Gasteiger charge is -2.01. The van der Waals surface area contributed by atoms with Gasteiger partial charge in [0.15, 0.2) is 0 Å². The number of ether oxygens (including phenoxy) is 1. The van der Waals surface area contributed by atoms with Gasteiger partial charge in [-0.25, -0.2) is 4.79 Å². The first-order chi connectivity index (χ1) is 7.13. The minimum absolute atomic E-state index is 0.134. The lowest BCUT2D eigenvalue weighted by molar-refractivity contribution is -0.479. The van der Waals surface area contributed by atoms with Crippen LogP contribution in [0.15, 0.2) is 24.3 Å². The average Bonchev–Trinajstić information content (AvgIpc) is 2.25. The van der Waals surface area contributed by atoms with Gasteiger partial charge in [0.1, 0.15) is 0 Å². The van der Waals surface area contributed by atoms with Crippen LogP contribution in [0.25, 0.3) is 0 Å². The van der Waals surface area contributed by atoms with Crippen LogP contribution in [0.4, 0.5) is 0 Å². The monoisotopic (exact) mass is 209 g/mol. The van der Waals surface area contributed by atoms with Gasteiger partial charge in [-0.2, -0.15) is 0 Å². The molecule has 0 spiro atoms. The van der Waals surface area contributed by atoms with E-state index in [4.69, 9.17) is 0 Å². The fourth-order valence-electron chi connectivity index (χ4n) is 1.19. The van der Waals surface area contributed by atoms with Crippen molar-refractivity contribution in [1.82, 2.24) is 0 Å². The molecule has 0 fully saturated rings. The van der Waals surface area contributed by atoms with Gasteiger partial charge in [-0.15, -0.1) is 0 Å². The number of hydrogen-bond donors (Lipinski definition) is 0. The molecule has 15 heavy (non-hydrogen) atoms. The summed E-state index contributed by atoms with van der Waals surface area (Å²) in [6, 6.07) is 6.65. The van der Waals surface area contributed by atoms with Gasteiger partial charge >= 0.3 is 5.97 Å². The van der Waals surface area contributed by atoms with Crippen molar-refractivity contribution >= 4 is 5.97 Å². The van der Waals surface area contributed by atoms with E-state index in [-0.39, 0.29) is 11.5 Å². The zero-order chi connectivity index (χ0) is 11.3. The maximum absolute atomic E-state index is 11.1. The van der Waals surface area contributed by atoms with Crippen molar-refractivity contribution in [2.45, 2.75) is 6.42 Å². The number of rotatable bonds is 4. The third-order valence-electron chi connectivity index (χ3n) is 1.93. The smallest absolute Gasteiger partial charge is 0.337 e. The number of carbonyl (C=O) groups excluding carboxylic acids is 1. The molecule has 0 aliphatic carbocycles. The van der Waals surface area contributed by atoms with E-state index in [9.17, 15) is 14.9 Å². The highest BCUT2D eigenvalue weighted by molar-refractivity contribution is 5.89. The molecular formula is C10H11NO4. The van der Waals surface area contributed by atoms with Crippen LogP contribution in [-0.4, -0.2) is 24.5 Å². The number of benzene rings is 1. The van der Waals surface area contributed by atoms with Crippen molar-refractivity contribution in [2.24, 2.45) is 0 Å². The SMILES string of the molecule is COC(=O)c1cccc(CC[N+](=O)[O-])c1. The molecule has 0 aromatic heterocycles. The Morgan fingerprint density at radius 1 is 1.53 bits per heavy atom. The third kappa shape index (κ3) is 3.38. The van der Waals surface area contributed by atoms with Crippen LogP contribution < -0.4 is 0 Å². The first-order valence-electron chi connectivity index (χ1n) is 4.42. The van der Waals surface area contributed by atoms with Crippen LogP contribution >= 0.6 is 0 Å². The van der Waals surface area contributed by atoms with E-state index < -0.39 is 5.97 Å². The Morgan fingerprint density at radius 3 is 2.87 bits per heavy atom. The second-order valence-electron chi connectivity index (χ2n) is 3.00. The van der Waals surface area contributed by atoms with Gasteiger partial charge in [-0.3, -0.25) is 10.1 Å². The minimum atomic E-state index is -0.432. The minimum Gasteiger partial charge on any atom is -0.465 e. The van der Waals surface area contributed by atoms with Crippen molar-refractivity contribution in [3.05, 3.63) is 45.5 Å². The normalized spacial score (nSPS) is 9.67. The van der Waals surface area contributed by atoms with E-state index in [0.29, 0.717) is 12.0 Å². The van der Waals surface area contributed by atoms with E-state index in [1.165, 1.54) is 7.11 Å². The molecule has 1 rings (SSSR count). The zero-order valence-corrected chi connectivity index (χ0v) is 8.30. The summed E-state index contributed by atoms with van der Waals surface area (Å²) < 4.78 is 4.54. The molecular weight excluding hydrogens is 198 g/mol. The third-order valence-corrected chi connectivity index (χ3v) is 1.93. The Bertz CT molecular complexity index is 375. The second kappa shape index (κ2) is 5.09. The van der Waals surface area contributed by atoms with Crippen LogP contribution in [-0.2, 0) is 11.2 Å². The summed E-state index contributed by atoms with van der Waals surface area (Å²) in [4.78, 5) is 20.9. The Hall–Kier alpha value is -1.91. The fraction of sp³-hybridized carbons (Fsp3) is 0.300. The fourth-order valence-corrected chi connectivity index (χ4v) is 1.19. The molecule has 0 aliphatic rings. The van der Waals surface area contributed by atoms with Crippen molar-refractivity contribution in [3.8, 4) is 0 Å². The number of hydrogen-bond acceptors (Lipinski definition) is 4. The van der Waals surface area contributed by atoms with Crippen LogP contribution in [0, 0.1) is 10.1 Å². The second-order valence-corrected chi connectivity index (χ2v) is 3.00. The van der Waals surface area contributed by atoms with Gasteiger partial charge in [-0.05, 0) is 17.7 Å². The number of carbonyl (C=O) groups is 1. The molecule has 0 bridgehead atoms. The molecule has 5 nitrogen and oxygen atoms in total. The molecule has 0 N–H and O–H groups in total. The van der Waals surface area contributed by atoms with Crippen LogP contribution in [0.2, 0.25) is 0 Å². The molecule has 0 heterocycles. The molecule has 1 aromatic rings. The van der Waals surface area contributed by atoms with Crippen molar-refractivity contribution in [1.29, 1.82) is 0 Å². The number of nitro groups is 1. The molecule has 0 radical (unpaired) electrons. The summed E-state index contributed by atoms with van der Waals surface area (Å²) in [6.45, 7) is -0.134. The summed E-state index contributed by atoms with van der Waals surface area (Å²) in [5.74, 6) is -0.432. The summed E-state index contributed by atoms with van der Waals surface area (Å²) in [7, 11) is 1.30. The molecule has 0 aliphatic heterocycles. The molecule has 0 saturated carbocycles. The maximum Gasteiger partial charge on any atom is 0.337 e. The molecule has 0 atom stereocenters. The van der Waals surface area contributed by atoms with Crippen molar-refractivity contribution in [2.75, 3.05) is 13.7 Å². The predicted molar refractivity (Wildman–Crippen MR) is 53.3 cm³/mol. The van der Waals surface area contributed by atoms with Gasteiger partial charge in [0, 0.05) is 11.3 Å². The van der Waals surface area contributed by atoms with E-state index in [2.05, 4.69) is 4.74 Å². The lowest BCUT2D eigenvalue weighted by atomic mass is 10.1. The highest BCUT2D eigenvalue weighted by atomic mass is 16.6. The van der Waals surface area contributed by atoms with Crippen LogP contribution in [0.5, 0.6) is 0 Å². The van der Waals surface area contributed by atoms with E-state index in [1.54, 1.807) is 24.3 Å². The van der Waals surface area contributed by atoms with E-state index >= 15 is 0 Å². The maximum atomic E-state index is 11.1. The summed E-state index contributed by atoms with van der Waals surface area (Å²) in [5.41, 5.74) is 1.17. The van der Waals surface area contributed by atoms with E-state index in [0.717, 1.165) is 5.56 Å². The highest BCUT2D eigenvalue weighted by Gasteiger charge is 2.06. The molecule has 0 saturated heterocycles. The summed E-state index contributed by atoms with van der Waals surface area (Å²) in [5, 5.41) is 10.2. The summed E-state index contributed by atoms with van der Waals surface area (Å²) >= 11 is 0. The predicted octanol–water partition coefficient (Wildman–Crippen LogP) is 1.29. The molecule has 0 amide bonds. The summed E-state index contributed by atoms with van der Waals surface area (Å²) in [6.07, 6.45) is 0.317. The number of nitrogens with zero attached hydrogens (tertiary/aromatic N) is 1. The van der Waals surface area contributed by atoms with Gasteiger partial charge in [-0.1, -0.05) is 12.1 Å². The van der Waals surface area contributed by atoms with Gasteiger partial charge < -0.3 is 4.74 Å². The standard InChI is InChI=1S/C10H11NO4/c1-15-10(12)9-4-2-3-8(7-9)5-6-11(13)14/h2-4,7H,5-6H2,1H3. The first-order valence-corrected chi connectivity index (χ1v) is 4.42. The lowest BCUT2D eigenvalue weighted by Crippen LogP contribution is -2.06. The zero-order valence-electron chi connectivity index (χ0n) is 8.30. The Kier molecular flexibility index (Phi) is 3.79. The Balaban J connectivity index is 2.74. The average molecular weight is 209 g/mol. The Morgan fingerprint density at radius 2 is 2.27 bits per heavy atom. The van der Waals surface area contributed by atoms with Gasteiger partial charge in [0.2, 0.25) is 6.54 Å². The largest absolute Gasteiger partial charge is 0.465 e. The number of esters is 1. The van der Waals surface area contributed by atoms with Crippen LogP contribution in [0.1, 0.15) is 15.9 Å². The topological polar surface area (TPSA) is 69.4 Å². The highest BCUT2D eigenvalue weighted by Crippen LogP contribution is 2.07. The molecule has 0 unspecified atom stereocenters. The van der Waals surface area contributed by atoms with Gasteiger partial charge in [0.05, 0.1) is 12.7 Å². The van der Waals surface area contributed by atoms with Crippen molar-refractivity contribution in [3.63, 3.8) is 0 Å². The first kappa shape index (κ1) is 11.2. The van der Waals surface area contributed by atoms with Crippen molar-refractivity contribution < 1.29 is 14.5 Å². The quantitative estimate of drug-likeness (QED) is 0.425.